The minimum absolute atomic E-state index is 0.382. The Labute approximate surface area is 75.3 Å². The Morgan fingerprint density at radius 2 is 1.83 bits per heavy atom. The molecule has 0 radical (unpaired) electrons. The Kier molecular flexibility index (Phi) is 8.20. The van der Waals surface area contributed by atoms with Gasteiger partial charge in [0.25, 0.3) is 0 Å². The predicted molar refractivity (Wildman–Crippen MR) is 49.9 cm³/mol. The van der Waals surface area contributed by atoms with Crippen molar-refractivity contribution < 1.29 is 9.47 Å². The molecular formula is C10H18O2. The van der Waals surface area contributed by atoms with Crippen LogP contribution in [0.25, 0.3) is 0 Å². The van der Waals surface area contributed by atoms with E-state index in [1.807, 2.05) is 0 Å². The van der Waals surface area contributed by atoms with Crippen molar-refractivity contribution in [3.05, 3.63) is 0 Å². The summed E-state index contributed by atoms with van der Waals surface area (Å²) in [5.41, 5.74) is 0. The van der Waals surface area contributed by atoms with Gasteiger partial charge in [-0.25, -0.2) is 0 Å². The van der Waals surface area contributed by atoms with E-state index in [-0.39, 0.29) is 0 Å². The zero-order valence-corrected chi connectivity index (χ0v) is 8.01. The molecule has 0 unspecified atom stereocenters. The van der Waals surface area contributed by atoms with Gasteiger partial charge in [-0.2, -0.15) is 0 Å². The zero-order valence-electron chi connectivity index (χ0n) is 8.01. The van der Waals surface area contributed by atoms with Gasteiger partial charge < -0.3 is 9.47 Å². The summed E-state index contributed by atoms with van der Waals surface area (Å²) in [7, 11) is 0. The van der Waals surface area contributed by atoms with Crippen LogP contribution in [-0.2, 0) is 9.47 Å². The average molecular weight is 170 g/mol. The molecule has 0 aromatic heterocycles. The van der Waals surface area contributed by atoms with Crippen LogP contribution in [0.4, 0.5) is 0 Å². The number of hydrogen-bond donors (Lipinski definition) is 0. The molecular weight excluding hydrogens is 152 g/mol. The van der Waals surface area contributed by atoms with E-state index in [0.29, 0.717) is 25.7 Å². The summed E-state index contributed by atoms with van der Waals surface area (Å²) >= 11 is 0. The zero-order chi connectivity index (χ0) is 9.23. The fourth-order valence-corrected chi connectivity index (χ4v) is 0.670. The molecule has 0 atom stereocenters. The maximum atomic E-state index is 5.30. The number of hydrogen-bond acceptors (Lipinski definition) is 2. The monoisotopic (exact) mass is 170 g/mol. The molecule has 0 N–H and O–H groups in total. The van der Waals surface area contributed by atoms with Crippen LogP contribution in [0.1, 0.15) is 20.3 Å². The standard InChI is InChI=1S/C10H18O2/c1-4-6-11-8-9-12-7-5-10(2)3/h1,10H,5-9H2,2-3H3. The fraction of sp³-hybridized carbons (Fsp3) is 0.800. The van der Waals surface area contributed by atoms with E-state index in [1.165, 1.54) is 0 Å². The SMILES string of the molecule is C#CCOCCOCCC(C)C. The topological polar surface area (TPSA) is 18.5 Å². The molecule has 0 amide bonds. The van der Waals surface area contributed by atoms with Crippen molar-refractivity contribution in [3.8, 4) is 12.3 Å². The van der Waals surface area contributed by atoms with Crippen LogP contribution in [0.15, 0.2) is 0 Å². The van der Waals surface area contributed by atoms with Crippen LogP contribution >= 0.6 is 0 Å². The van der Waals surface area contributed by atoms with Crippen LogP contribution in [0.3, 0.4) is 0 Å². The summed E-state index contributed by atoms with van der Waals surface area (Å²) in [6.07, 6.45) is 6.10. The van der Waals surface area contributed by atoms with Crippen LogP contribution in [0.2, 0.25) is 0 Å². The van der Waals surface area contributed by atoms with Crippen molar-refractivity contribution in [2.24, 2.45) is 5.92 Å². The molecule has 2 heteroatoms. The first kappa shape index (κ1) is 11.5. The summed E-state index contributed by atoms with van der Waals surface area (Å²) < 4.78 is 10.3. The average Bonchev–Trinajstić information content (AvgIpc) is 2.02. The van der Waals surface area contributed by atoms with Crippen molar-refractivity contribution >= 4 is 0 Å². The van der Waals surface area contributed by atoms with Crippen molar-refractivity contribution in [2.75, 3.05) is 26.4 Å². The molecule has 2 nitrogen and oxygen atoms in total. The minimum atomic E-state index is 0.382. The molecule has 0 heterocycles. The van der Waals surface area contributed by atoms with Crippen LogP contribution < -0.4 is 0 Å². The van der Waals surface area contributed by atoms with E-state index in [2.05, 4.69) is 19.8 Å². The van der Waals surface area contributed by atoms with Gasteiger partial charge in [0, 0.05) is 6.61 Å². The highest BCUT2D eigenvalue weighted by Crippen LogP contribution is 1.98. The lowest BCUT2D eigenvalue weighted by atomic mass is 10.1. The highest BCUT2D eigenvalue weighted by Gasteiger charge is 1.93. The van der Waals surface area contributed by atoms with Gasteiger partial charge in [0.2, 0.25) is 0 Å². The molecule has 0 aromatic rings. The third-order valence-corrected chi connectivity index (χ3v) is 1.40. The Morgan fingerprint density at radius 1 is 1.17 bits per heavy atom. The number of ether oxygens (including phenoxy) is 2. The Balaban J connectivity index is 2.87. The van der Waals surface area contributed by atoms with Crippen molar-refractivity contribution in [1.29, 1.82) is 0 Å². The van der Waals surface area contributed by atoms with Gasteiger partial charge >= 0.3 is 0 Å². The lowest BCUT2D eigenvalue weighted by Crippen LogP contribution is -2.06. The maximum absolute atomic E-state index is 5.30. The van der Waals surface area contributed by atoms with Gasteiger partial charge in [0.1, 0.15) is 6.61 Å². The minimum Gasteiger partial charge on any atom is -0.379 e. The van der Waals surface area contributed by atoms with Crippen molar-refractivity contribution in [3.63, 3.8) is 0 Å². The second-order valence-electron chi connectivity index (χ2n) is 3.05. The summed E-state index contributed by atoms with van der Waals surface area (Å²) in [5.74, 6) is 3.10. The van der Waals surface area contributed by atoms with Crippen molar-refractivity contribution in [2.45, 2.75) is 20.3 Å². The van der Waals surface area contributed by atoms with E-state index < -0.39 is 0 Å². The Hall–Kier alpha value is -0.520. The van der Waals surface area contributed by atoms with E-state index in [0.717, 1.165) is 13.0 Å². The largest absolute Gasteiger partial charge is 0.379 e. The first-order valence-corrected chi connectivity index (χ1v) is 4.36. The molecule has 70 valence electrons. The maximum Gasteiger partial charge on any atom is 0.107 e. The van der Waals surface area contributed by atoms with Crippen LogP contribution in [-0.4, -0.2) is 26.4 Å². The van der Waals surface area contributed by atoms with E-state index in [9.17, 15) is 0 Å². The molecule has 0 rings (SSSR count). The highest BCUT2D eigenvalue weighted by molar-refractivity contribution is 4.82. The Morgan fingerprint density at radius 3 is 2.42 bits per heavy atom. The smallest absolute Gasteiger partial charge is 0.107 e. The van der Waals surface area contributed by atoms with Gasteiger partial charge in [-0.05, 0) is 12.3 Å². The fourth-order valence-electron chi connectivity index (χ4n) is 0.670. The van der Waals surface area contributed by atoms with Crippen LogP contribution in [0.5, 0.6) is 0 Å². The molecule has 0 saturated carbocycles. The molecule has 0 fully saturated rings. The van der Waals surface area contributed by atoms with E-state index in [4.69, 9.17) is 15.9 Å². The third kappa shape index (κ3) is 9.48. The summed E-state index contributed by atoms with van der Waals surface area (Å²) in [5, 5.41) is 0. The normalized spacial score (nSPS) is 10.2. The lowest BCUT2D eigenvalue weighted by Gasteiger charge is -2.05. The molecule has 0 aliphatic carbocycles. The lowest BCUT2D eigenvalue weighted by molar-refractivity contribution is 0.0556. The van der Waals surface area contributed by atoms with Gasteiger partial charge in [0.05, 0.1) is 13.2 Å². The third-order valence-electron chi connectivity index (χ3n) is 1.40. The van der Waals surface area contributed by atoms with Crippen LogP contribution in [0, 0.1) is 18.3 Å². The predicted octanol–water partition coefficient (Wildman–Crippen LogP) is 1.70. The molecule has 0 saturated heterocycles. The molecule has 0 spiro atoms. The quantitative estimate of drug-likeness (QED) is 0.427. The second kappa shape index (κ2) is 8.58. The number of rotatable bonds is 7. The molecule has 12 heavy (non-hydrogen) atoms. The molecule has 0 aromatic carbocycles. The van der Waals surface area contributed by atoms with E-state index >= 15 is 0 Å². The van der Waals surface area contributed by atoms with E-state index in [1.54, 1.807) is 0 Å². The highest BCUT2D eigenvalue weighted by atomic mass is 16.5. The molecule has 0 bridgehead atoms. The van der Waals surface area contributed by atoms with Gasteiger partial charge in [-0.15, -0.1) is 6.42 Å². The molecule has 0 aliphatic heterocycles. The summed E-state index contributed by atoms with van der Waals surface area (Å²) in [6, 6.07) is 0. The van der Waals surface area contributed by atoms with Crippen molar-refractivity contribution in [1.82, 2.24) is 0 Å². The summed E-state index contributed by atoms with van der Waals surface area (Å²) in [6.45, 7) is 6.80. The van der Waals surface area contributed by atoms with Gasteiger partial charge in [0.15, 0.2) is 0 Å². The van der Waals surface area contributed by atoms with Gasteiger partial charge in [-0.1, -0.05) is 19.8 Å². The Bertz CT molecular complexity index is 124. The first-order chi connectivity index (χ1) is 5.77. The summed E-state index contributed by atoms with van der Waals surface area (Å²) in [4.78, 5) is 0. The number of terminal acetylenes is 1. The van der Waals surface area contributed by atoms with Gasteiger partial charge in [-0.3, -0.25) is 0 Å². The second-order valence-corrected chi connectivity index (χ2v) is 3.05. The first-order valence-electron chi connectivity index (χ1n) is 4.36. The molecule has 0 aliphatic rings.